The van der Waals surface area contributed by atoms with Gasteiger partial charge in [-0.3, -0.25) is 14.3 Å². The number of H-pyrrole nitrogens is 1. The van der Waals surface area contributed by atoms with Gasteiger partial charge in [0, 0.05) is 24.1 Å². The van der Waals surface area contributed by atoms with Crippen LogP contribution in [0.1, 0.15) is 41.3 Å². The third-order valence-corrected chi connectivity index (χ3v) is 9.21. The molecule has 45 heavy (non-hydrogen) atoms. The van der Waals surface area contributed by atoms with Crippen LogP contribution >= 0.6 is 8.03 Å². The Morgan fingerprint density at radius 1 is 1.00 bits per heavy atom. The van der Waals surface area contributed by atoms with E-state index in [0.717, 1.165) is 16.7 Å². The van der Waals surface area contributed by atoms with Crippen LogP contribution in [0.4, 0.5) is 0 Å². The molecule has 1 fully saturated rings. The van der Waals surface area contributed by atoms with Crippen LogP contribution in [0, 0.1) is 24.2 Å². The van der Waals surface area contributed by atoms with Crippen molar-refractivity contribution >= 4 is 8.03 Å². The van der Waals surface area contributed by atoms with Crippen LogP contribution in [-0.2, 0) is 24.2 Å². The van der Waals surface area contributed by atoms with Crippen molar-refractivity contribution in [3.05, 3.63) is 134 Å². The van der Waals surface area contributed by atoms with Crippen molar-refractivity contribution in [1.82, 2.24) is 9.55 Å². The summed E-state index contributed by atoms with van der Waals surface area (Å²) in [5, 5.41) is 8.87. The van der Waals surface area contributed by atoms with Crippen molar-refractivity contribution in [2.24, 2.45) is 5.92 Å². The van der Waals surface area contributed by atoms with Crippen LogP contribution < -0.4 is 16.0 Å². The van der Waals surface area contributed by atoms with Crippen LogP contribution in [0.2, 0.25) is 0 Å². The molecular formula is C34H35N3O7P+. The van der Waals surface area contributed by atoms with E-state index in [0.29, 0.717) is 17.7 Å². The number of nitrogens with one attached hydrogen (secondary N) is 1. The summed E-state index contributed by atoms with van der Waals surface area (Å²) in [6.07, 6.45) is 0.784. The normalized spacial score (nSPS) is 18.3. The molecule has 0 saturated carbocycles. The Hall–Kier alpha value is -4.39. The van der Waals surface area contributed by atoms with Gasteiger partial charge < -0.3 is 14.2 Å². The molecule has 0 aliphatic carbocycles. The molecule has 0 spiro atoms. The van der Waals surface area contributed by atoms with Crippen LogP contribution in [-0.4, -0.2) is 42.1 Å². The number of hydrogen-bond donors (Lipinski definition) is 1. The molecule has 2 heterocycles. The third-order valence-electron chi connectivity index (χ3n) is 7.97. The van der Waals surface area contributed by atoms with Gasteiger partial charge in [-0.1, -0.05) is 72.8 Å². The standard InChI is InChI=1S/C34H34N3O7P/c1-24-21-37(33(39)36-32(24)38)31-20-25(23-45(40)43-19-9-18-35)30(44-31)22-42-34(26-10-5-3-6-11-26,27-12-7-4-8-13-27)28-14-16-29(41-2)17-15-28/h3-8,10-17,21,25,30-31H,9,19-20,22-23H2,1-2H3/p+1/t25-,30-,31-/m1/s1. The molecule has 1 unspecified atom stereocenters. The highest BCUT2D eigenvalue weighted by molar-refractivity contribution is 7.39. The smallest absolute Gasteiger partial charge is 0.497 e. The average molecular weight is 629 g/mol. The number of ether oxygens (including phenoxy) is 3. The number of hydrogen-bond acceptors (Lipinski definition) is 8. The van der Waals surface area contributed by atoms with Gasteiger partial charge in [0.05, 0.1) is 32.3 Å². The lowest BCUT2D eigenvalue weighted by molar-refractivity contribution is -0.0835. The lowest BCUT2D eigenvalue weighted by Crippen LogP contribution is -2.37. The highest BCUT2D eigenvalue weighted by atomic mass is 31.1. The van der Waals surface area contributed by atoms with Crippen molar-refractivity contribution in [2.45, 2.75) is 37.7 Å². The summed E-state index contributed by atoms with van der Waals surface area (Å²) in [6, 6.07) is 29.5. The monoisotopic (exact) mass is 628 g/mol. The number of methoxy groups -OCH3 is 1. The molecule has 1 N–H and O–H groups in total. The molecule has 1 aromatic heterocycles. The van der Waals surface area contributed by atoms with Gasteiger partial charge in [0.1, 0.15) is 24.2 Å². The van der Waals surface area contributed by atoms with Gasteiger partial charge in [-0.2, -0.15) is 5.26 Å². The minimum atomic E-state index is -2.11. The van der Waals surface area contributed by atoms with Gasteiger partial charge >= 0.3 is 13.7 Å². The third kappa shape index (κ3) is 7.14. The fourth-order valence-corrected chi connectivity index (χ4v) is 6.86. The van der Waals surface area contributed by atoms with Gasteiger partial charge in [-0.05, 0) is 40.3 Å². The van der Waals surface area contributed by atoms with E-state index in [1.165, 1.54) is 10.8 Å². The SMILES string of the molecule is COc1ccc(C(OC[C@H]2O[C@@H](n3cc(C)c(=O)[nH]c3=O)C[C@@H]2C[P+](=O)OCCC#N)(c2ccccc2)c2ccccc2)cc1. The maximum Gasteiger partial charge on any atom is 0.508 e. The van der Waals surface area contributed by atoms with Gasteiger partial charge in [0.15, 0.2) is 6.16 Å². The Morgan fingerprint density at radius 2 is 1.62 bits per heavy atom. The topological polar surface area (TPSA) is 133 Å². The number of benzene rings is 3. The molecule has 0 bridgehead atoms. The molecule has 0 amide bonds. The second-order valence-electron chi connectivity index (χ2n) is 10.8. The lowest BCUT2D eigenvalue weighted by atomic mass is 9.80. The van der Waals surface area contributed by atoms with Crippen molar-refractivity contribution in [1.29, 1.82) is 5.26 Å². The minimum Gasteiger partial charge on any atom is -0.497 e. The predicted octanol–water partition coefficient (Wildman–Crippen LogP) is 5.44. The first-order valence-corrected chi connectivity index (χ1v) is 16.0. The summed E-state index contributed by atoms with van der Waals surface area (Å²) in [6.45, 7) is 1.76. The average Bonchev–Trinajstić information content (AvgIpc) is 3.46. The molecule has 232 valence electrons. The maximum atomic E-state index is 12.9. The number of aromatic nitrogens is 2. The first-order valence-electron chi connectivity index (χ1n) is 14.7. The largest absolute Gasteiger partial charge is 0.508 e. The Kier molecular flexibility index (Phi) is 10.4. The van der Waals surface area contributed by atoms with Gasteiger partial charge in [0.25, 0.3) is 5.56 Å². The molecule has 4 aromatic rings. The molecule has 5 rings (SSSR count). The van der Waals surface area contributed by atoms with Crippen LogP contribution in [0.15, 0.2) is 101 Å². The quantitative estimate of drug-likeness (QED) is 0.118. The number of nitriles is 1. The molecule has 11 heteroatoms. The lowest BCUT2D eigenvalue weighted by Gasteiger charge is -2.37. The van der Waals surface area contributed by atoms with E-state index in [9.17, 15) is 14.2 Å². The minimum absolute atomic E-state index is 0.0606. The molecule has 1 aliphatic rings. The Morgan fingerprint density at radius 3 is 2.22 bits per heavy atom. The molecule has 4 atom stereocenters. The van der Waals surface area contributed by atoms with Crippen LogP contribution in [0.5, 0.6) is 5.75 Å². The zero-order valence-corrected chi connectivity index (χ0v) is 26.0. The summed E-state index contributed by atoms with van der Waals surface area (Å²) >= 11 is 0. The highest BCUT2D eigenvalue weighted by Gasteiger charge is 2.45. The molecule has 3 aromatic carbocycles. The molecule has 1 saturated heterocycles. The second kappa shape index (κ2) is 14.6. The van der Waals surface area contributed by atoms with E-state index in [4.69, 9.17) is 24.0 Å². The van der Waals surface area contributed by atoms with Crippen molar-refractivity contribution in [3.63, 3.8) is 0 Å². The van der Waals surface area contributed by atoms with Crippen LogP contribution in [0.3, 0.4) is 0 Å². The Labute approximate surface area is 262 Å². The Balaban J connectivity index is 1.53. The summed E-state index contributed by atoms with van der Waals surface area (Å²) < 4.78 is 38.7. The zero-order chi connectivity index (χ0) is 31.8. The zero-order valence-electron chi connectivity index (χ0n) is 25.1. The van der Waals surface area contributed by atoms with Gasteiger partial charge in [-0.25, -0.2) is 4.79 Å². The van der Waals surface area contributed by atoms with E-state index < -0.39 is 37.2 Å². The fraction of sp³-hybridized carbons (Fsp3) is 0.324. The number of aromatic amines is 1. The molecule has 0 radical (unpaired) electrons. The number of aryl methyl sites for hydroxylation is 1. The van der Waals surface area contributed by atoms with E-state index in [2.05, 4.69) is 4.98 Å². The van der Waals surface area contributed by atoms with Crippen molar-refractivity contribution in [2.75, 3.05) is 26.5 Å². The first-order chi connectivity index (χ1) is 21.8. The maximum absolute atomic E-state index is 12.9. The number of rotatable bonds is 13. The van der Waals surface area contributed by atoms with Crippen LogP contribution in [0.25, 0.3) is 0 Å². The summed E-state index contributed by atoms with van der Waals surface area (Å²) in [5.74, 6) is 0.387. The van der Waals surface area contributed by atoms with E-state index >= 15 is 0 Å². The summed E-state index contributed by atoms with van der Waals surface area (Å²) in [5.41, 5.74) is 0.910. The van der Waals surface area contributed by atoms with Gasteiger partial charge in [-0.15, -0.1) is 4.52 Å². The van der Waals surface area contributed by atoms with E-state index in [1.807, 2.05) is 91.0 Å². The van der Waals surface area contributed by atoms with E-state index in [-0.39, 0.29) is 31.7 Å². The summed E-state index contributed by atoms with van der Waals surface area (Å²) in [7, 11) is -0.492. The van der Waals surface area contributed by atoms with Crippen molar-refractivity contribution in [3.8, 4) is 11.8 Å². The number of nitrogens with zero attached hydrogens (tertiary/aromatic N) is 2. The highest BCUT2D eigenvalue weighted by Crippen LogP contribution is 2.44. The fourth-order valence-electron chi connectivity index (χ4n) is 5.69. The first kappa shape index (κ1) is 32.0. The van der Waals surface area contributed by atoms with Gasteiger partial charge in [0.2, 0.25) is 0 Å². The summed E-state index contributed by atoms with van der Waals surface area (Å²) in [4.78, 5) is 27.2. The predicted molar refractivity (Wildman–Crippen MR) is 168 cm³/mol. The van der Waals surface area contributed by atoms with Crippen molar-refractivity contribution < 1.29 is 23.3 Å². The second-order valence-corrected chi connectivity index (χ2v) is 12.1. The Bertz CT molecular complexity index is 1710. The molecule has 10 nitrogen and oxygen atoms in total. The molecule has 1 aliphatic heterocycles. The molecular weight excluding hydrogens is 593 g/mol. The van der Waals surface area contributed by atoms with E-state index in [1.54, 1.807) is 14.0 Å².